The van der Waals surface area contributed by atoms with Crippen molar-refractivity contribution < 1.29 is 13.2 Å². The highest BCUT2D eigenvalue weighted by Gasteiger charge is 2.30. The third-order valence-corrected chi connectivity index (χ3v) is 1.45. The summed E-state index contributed by atoms with van der Waals surface area (Å²) >= 11 is 0. The number of alkyl halides is 3. The van der Waals surface area contributed by atoms with E-state index in [4.69, 9.17) is 10.8 Å². The van der Waals surface area contributed by atoms with E-state index in [1.807, 2.05) is 0 Å². The Morgan fingerprint density at radius 2 is 2.00 bits per heavy atom. The van der Waals surface area contributed by atoms with Gasteiger partial charge in [-0.1, -0.05) is 0 Å². The maximum absolute atomic E-state index is 12.1. The van der Waals surface area contributed by atoms with Crippen LogP contribution in [0, 0.1) is 10.8 Å². The highest BCUT2D eigenvalue weighted by Crippen LogP contribution is 2.27. The zero-order valence-corrected chi connectivity index (χ0v) is 6.39. The zero-order chi connectivity index (χ0) is 10.1. The fourth-order valence-electron chi connectivity index (χ4n) is 0.800. The Kier molecular flexibility index (Phi) is 2.22. The summed E-state index contributed by atoms with van der Waals surface area (Å²) in [4.78, 5) is 0. The third-order valence-electron chi connectivity index (χ3n) is 1.45. The summed E-state index contributed by atoms with van der Waals surface area (Å²) in [7, 11) is 0. The summed E-state index contributed by atoms with van der Waals surface area (Å²) in [6.07, 6.45) is -2.64. The summed E-state index contributed by atoms with van der Waals surface area (Å²) in [5.74, 6) is 0. The fraction of sp³-hybridized carbons (Fsp3) is 0.143. The van der Waals surface area contributed by atoms with Gasteiger partial charge in [0.2, 0.25) is 0 Å². The molecule has 0 spiro atoms. The number of hydrogen-bond acceptors (Lipinski definition) is 2. The quantitative estimate of drug-likeness (QED) is 0.496. The Balaban J connectivity index is 3.26. The smallest absolute Gasteiger partial charge is 0.293 e. The molecule has 0 aliphatic carbocycles. The van der Waals surface area contributed by atoms with E-state index in [1.165, 1.54) is 0 Å². The van der Waals surface area contributed by atoms with Crippen molar-refractivity contribution in [2.45, 2.75) is 6.18 Å². The first kappa shape index (κ1) is 9.50. The summed E-state index contributed by atoms with van der Waals surface area (Å²) in [5.41, 5.74) is -1.25. The Bertz CT molecular complexity index is 377. The molecule has 70 valence electrons. The van der Waals surface area contributed by atoms with Gasteiger partial charge in [-0.05, 0) is 12.1 Å². The van der Waals surface area contributed by atoms with Crippen LogP contribution >= 0.6 is 0 Å². The van der Waals surface area contributed by atoms with Crippen molar-refractivity contribution in [3.63, 3.8) is 0 Å². The standard InChI is InChI=1S/C7H6F3N3/c8-7(9,10)5-1-2-13(4-11)6(12)3-5/h1-4,11-12H. The molecule has 0 unspecified atom stereocenters. The van der Waals surface area contributed by atoms with Crippen molar-refractivity contribution in [1.29, 1.82) is 10.8 Å². The molecule has 0 bridgehead atoms. The van der Waals surface area contributed by atoms with Gasteiger partial charge in [0.05, 0.1) is 11.9 Å². The normalized spacial score (nSPS) is 11.3. The second-order valence-corrected chi connectivity index (χ2v) is 2.33. The molecule has 0 fully saturated rings. The molecule has 0 atom stereocenters. The molecule has 3 nitrogen and oxygen atoms in total. The van der Waals surface area contributed by atoms with Crippen LogP contribution in [0.4, 0.5) is 13.2 Å². The SMILES string of the molecule is N=Cn1ccc(C(F)(F)F)cc1=N. The number of aromatic nitrogens is 1. The molecule has 13 heavy (non-hydrogen) atoms. The van der Waals surface area contributed by atoms with Crippen LogP contribution in [0.15, 0.2) is 18.3 Å². The number of halogens is 3. The Labute approximate surface area is 71.5 Å². The third kappa shape index (κ3) is 1.95. The molecule has 2 N–H and O–H groups in total. The topological polar surface area (TPSA) is 52.6 Å². The Morgan fingerprint density at radius 1 is 1.38 bits per heavy atom. The van der Waals surface area contributed by atoms with Gasteiger partial charge >= 0.3 is 6.18 Å². The summed E-state index contributed by atoms with van der Waals surface area (Å²) in [5, 5.41) is 13.9. The molecule has 0 aliphatic heterocycles. The van der Waals surface area contributed by atoms with Gasteiger partial charge in [-0.25, -0.2) is 0 Å². The molecule has 0 radical (unpaired) electrons. The molecule has 1 rings (SSSR count). The zero-order valence-electron chi connectivity index (χ0n) is 6.39. The average molecular weight is 189 g/mol. The first-order valence-corrected chi connectivity index (χ1v) is 3.29. The van der Waals surface area contributed by atoms with E-state index >= 15 is 0 Å². The number of nitrogens with zero attached hydrogens (tertiary/aromatic N) is 1. The lowest BCUT2D eigenvalue weighted by Crippen LogP contribution is -2.20. The Morgan fingerprint density at radius 3 is 2.38 bits per heavy atom. The summed E-state index contributed by atoms with van der Waals surface area (Å²) in [6, 6.07) is 1.49. The van der Waals surface area contributed by atoms with Crippen molar-refractivity contribution in [3.05, 3.63) is 29.4 Å². The van der Waals surface area contributed by atoms with Crippen molar-refractivity contribution >= 4 is 6.34 Å². The largest absolute Gasteiger partial charge is 0.416 e. The van der Waals surface area contributed by atoms with Gasteiger partial charge in [-0.15, -0.1) is 0 Å². The molecule has 0 aromatic carbocycles. The second-order valence-electron chi connectivity index (χ2n) is 2.33. The molecule has 0 saturated heterocycles. The van der Waals surface area contributed by atoms with E-state index in [-0.39, 0.29) is 5.49 Å². The number of rotatable bonds is 1. The molecule has 0 saturated carbocycles. The van der Waals surface area contributed by atoms with Gasteiger partial charge in [-0.2, -0.15) is 13.2 Å². The van der Waals surface area contributed by atoms with E-state index in [1.54, 1.807) is 0 Å². The molecular weight excluding hydrogens is 183 g/mol. The van der Waals surface area contributed by atoms with Gasteiger partial charge in [0, 0.05) is 6.20 Å². The fourth-order valence-corrected chi connectivity index (χ4v) is 0.800. The van der Waals surface area contributed by atoms with Crippen LogP contribution in [-0.4, -0.2) is 10.9 Å². The number of pyridine rings is 1. The molecule has 0 aliphatic rings. The predicted molar refractivity (Wildman–Crippen MR) is 39.5 cm³/mol. The van der Waals surface area contributed by atoms with Crippen molar-refractivity contribution in [3.8, 4) is 0 Å². The molecular formula is C7H6F3N3. The second kappa shape index (κ2) is 3.04. The van der Waals surface area contributed by atoms with Crippen molar-refractivity contribution in [1.82, 2.24) is 4.57 Å². The monoisotopic (exact) mass is 189 g/mol. The molecule has 6 heteroatoms. The predicted octanol–water partition coefficient (Wildman–Crippen LogP) is 1.44. The van der Waals surface area contributed by atoms with Gasteiger partial charge < -0.3 is 0 Å². The van der Waals surface area contributed by atoms with E-state index in [9.17, 15) is 13.2 Å². The van der Waals surface area contributed by atoms with Gasteiger partial charge in [-0.3, -0.25) is 15.4 Å². The lowest BCUT2D eigenvalue weighted by Gasteiger charge is -2.06. The van der Waals surface area contributed by atoms with Gasteiger partial charge in [0.1, 0.15) is 5.49 Å². The lowest BCUT2D eigenvalue weighted by molar-refractivity contribution is -0.137. The average Bonchev–Trinajstić information content (AvgIpc) is 2.02. The van der Waals surface area contributed by atoms with E-state index in [2.05, 4.69) is 0 Å². The maximum Gasteiger partial charge on any atom is 0.416 e. The lowest BCUT2D eigenvalue weighted by atomic mass is 10.2. The summed E-state index contributed by atoms with van der Waals surface area (Å²) in [6.45, 7) is 0. The van der Waals surface area contributed by atoms with Gasteiger partial charge in [0.15, 0.2) is 0 Å². The van der Waals surface area contributed by atoms with E-state index in [0.29, 0.717) is 6.07 Å². The minimum Gasteiger partial charge on any atom is -0.293 e. The first-order chi connectivity index (χ1) is 5.95. The van der Waals surface area contributed by atoms with Crippen LogP contribution < -0.4 is 5.49 Å². The molecule has 1 heterocycles. The van der Waals surface area contributed by atoms with Crippen LogP contribution in [-0.2, 0) is 6.18 Å². The van der Waals surface area contributed by atoms with Crippen LogP contribution in [0.1, 0.15) is 5.56 Å². The first-order valence-electron chi connectivity index (χ1n) is 3.29. The van der Waals surface area contributed by atoms with Gasteiger partial charge in [0.25, 0.3) is 0 Å². The number of hydrogen-bond donors (Lipinski definition) is 2. The Hall–Kier alpha value is -1.59. The highest BCUT2D eigenvalue weighted by molar-refractivity contribution is 5.53. The van der Waals surface area contributed by atoms with Crippen LogP contribution in [0.2, 0.25) is 0 Å². The van der Waals surface area contributed by atoms with Crippen molar-refractivity contribution in [2.75, 3.05) is 0 Å². The minimum atomic E-state index is -4.43. The molecule has 1 aromatic rings. The maximum atomic E-state index is 12.1. The minimum absolute atomic E-state index is 0.371. The summed E-state index contributed by atoms with van der Waals surface area (Å²) < 4.78 is 37.1. The van der Waals surface area contributed by atoms with E-state index < -0.39 is 11.7 Å². The molecule has 1 aromatic heterocycles. The van der Waals surface area contributed by atoms with Crippen LogP contribution in [0.3, 0.4) is 0 Å². The van der Waals surface area contributed by atoms with Crippen LogP contribution in [0.25, 0.3) is 0 Å². The highest BCUT2D eigenvalue weighted by atomic mass is 19.4. The molecule has 0 amide bonds. The van der Waals surface area contributed by atoms with Crippen LogP contribution in [0.5, 0.6) is 0 Å². The van der Waals surface area contributed by atoms with Crippen molar-refractivity contribution in [2.24, 2.45) is 0 Å². The van der Waals surface area contributed by atoms with E-state index in [0.717, 1.165) is 23.2 Å². The number of nitrogens with one attached hydrogen (secondary N) is 2.